The van der Waals surface area contributed by atoms with E-state index >= 15 is 0 Å². The van der Waals surface area contributed by atoms with Gasteiger partial charge in [-0.15, -0.1) is 0 Å². The zero-order valence-corrected chi connectivity index (χ0v) is 10.8. The van der Waals surface area contributed by atoms with Gasteiger partial charge in [-0.1, -0.05) is 19.8 Å². The molecule has 15 heavy (non-hydrogen) atoms. The second-order valence-corrected chi connectivity index (χ2v) is 5.81. The zero-order chi connectivity index (χ0) is 11.3. The Hall–Kier alpha value is -0.0800. The van der Waals surface area contributed by atoms with Crippen LogP contribution in [0.4, 0.5) is 0 Å². The Morgan fingerprint density at radius 3 is 2.33 bits per heavy atom. The SMILES string of the molecule is CCCC1CCN(CCC(C)(C)N)CC1. The lowest BCUT2D eigenvalue weighted by atomic mass is 9.92. The maximum atomic E-state index is 6.00. The lowest BCUT2D eigenvalue weighted by Gasteiger charge is -2.33. The molecule has 0 radical (unpaired) electrons. The van der Waals surface area contributed by atoms with E-state index < -0.39 is 0 Å². The fourth-order valence-corrected chi connectivity index (χ4v) is 2.35. The molecule has 1 aliphatic heterocycles. The Morgan fingerprint density at radius 1 is 1.27 bits per heavy atom. The summed E-state index contributed by atoms with van der Waals surface area (Å²) in [7, 11) is 0. The van der Waals surface area contributed by atoms with Gasteiger partial charge in [0.15, 0.2) is 0 Å². The van der Waals surface area contributed by atoms with Gasteiger partial charge in [0.1, 0.15) is 0 Å². The van der Waals surface area contributed by atoms with Crippen molar-refractivity contribution < 1.29 is 0 Å². The first-order chi connectivity index (χ1) is 7.01. The van der Waals surface area contributed by atoms with Crippen molar-refractivity contribution in [2.45, 2.75) is 58.4 Å². The monoisotopic (exact) mass is 212 g/mol. The quantitative estimate of drug-likeness (QED) is 0.759. The van der Waals surface area contributed by atoms with Crippen molar-refractivity contribution in [3.8, 4) is 0 Å². The second kappa shape index (κ2) is 5.86. The van der Waals surface area contributed by atoms with Gasteiger partial charge in [0, 0.05) is 5.54 Å². The van der Waals surface area contributed by atoms with Gasteiger partial charge in [-0.05, 0) is 58.7 Å². The topological polar surface area (TPSA) is 29.3 Å². The van der Waals surface area contributed by atoms with E-state index in [1.165, 1.54) is 45.3 Å². The number of hydrogen-bond acceptors (Lipinski definition) is 2. The Balaban J connectivity index is 2.15. The Kier molecular flexibility index (Phi) is 5.07. The van der Waals surface area contributed by atoms with Crippen molar-refractivity contribution in [1.29, 1.82) is 0 Å². The highest BCUT2D eigenvalue weighted by molar-refractivity contribution is 4.77. The van der Waals surface area contributed by atoms with Gasteiger partial charge in [0.05, 0.1) is 0 Å². The molecular formula is C13H28N2. The number of nitrogens with zero attached hydrogens (tertiary/aromatic N) is 1. The van der Waals surface area contributed by atoms with Crippen molar-refractivity contribution in [3.63, 3.8) is 0 Å². The summed E-state index contributed by atoms with van der Waals surface area (Å²) in [6.07, 6.45) is 6.69. The number of nitrogens with two attached hydrogens (primary N) is 1. The molecule has 0 aromatic heterocycles. The van der Waals surface area contributed by atoms with Crippen LogP contribution in [-0.2, 0) is 0 Å². The molecule has 2 nitrogen and oxygen atoms in total. The molecule has 2 N–H and O–H groups in total. The number of hydrogen-bond donors (Lipinski definition) is 1. The summed E-state index contributed by atoms with van der Waals surface area (Å²) >= 11 is 0. The fraction of sp³-hybridized carbons (Fsp3) is 1.00. The number of piperidine rings is 1. The zero-order valence-electron chi connectivity index (χ0n) is 10.8. The van der Waals surface area contributed by atoms with E-state index in [-0.39, 0.29) is 5.54 Å². The minimum absolute atomic E-state index is 0.000265. The van der Waals surface area contributed by atoms with Crippen LogP contribution in [0.15, 0.2) is 0 Å². The lowest BCUT2D eigenvalue weighted by Crippen LogP contribution is -2.40. The Morgan fingerprint density at radius 2 is 1.87 bits per heavy atom. The van der Waals surface area contributed by atoms with Crippen molar-refractivity contribution in [1.82, 2.24) is 4.90 Å². The molecule has 0 amide bonds. The van der Waals surface area contributed by atoms with E-state index in [1.54, 1.807) is 0 Å². The third-order valence-electron chi connectivity index (χ3n) is 3.48. The summed E-state index contributed by atoms with van der Waals surface area (Å²) in [4.78, 5) is 2.58. The fourth-order valence-electron chi connectivity index (χ4n) is 2.35. The van der Waals surface area contributed by atoms with E-state index in [4.69, 9.17) is 5.73 Å². The Bertz CT molecular complexity index is 164. The predicted octanol–water partition coefficient (Wildman–Crippen LogP) is 2.63. The van der Waals surface area contributed by atoms with Gasteiger partial charge < -0.3 is 10.6 Å². The summed E-state index contributed by atoms with van der Waals surface area (Å²) < 4.78 is 0. The molecule has 90 valence electrons. The highest BCUT2D eigenvalue weighted by Crippen LogP contribution is 2.22. The summed E-state index contributed by atoms with van der Waals surface area (Å²) in [6, 6.07) is 0. The minimum Gasteiger partial charge on any atom is -0.326 e. The van der Waals surface area contributed by atoms with Crippen LogP contribution in [0.2, 0.25) is 0 Å². The van der Waals surface area contributed by atoms with Crippen LogP contribution >= 0.6 is 0 Å². The van der Waals surface area contributed by atoms with Crippen LogP contribution < -0.4 is 5.73 Å². The highest BCUT2D eigenvalue weighted by atomic mass is 15.1. The standard InChI is InChI=1S/C13H28N2/c1-4-5-12-6-9-15(10-7-12)11-8-13(2,3)14/h12H,4-11,14H2,1-3H3. The number of likely N-dealkylation sites (tertiary alicyclic amines) is 1. The highest BCUT2D eigenvalue weighted by Gasteiger charge is 2.20. The van der Waals surface area contributed by atoms with E-state index in [0.717, 1.165) is 12.3 Å². The van der Waals surface area contributed by atoms with Crippen LogP contribution in [-0.4, -0.2) is 30.1 Å². The lowest BCUT2D eigenvalue weighted by molar-refractivity contribution is 0.168. The van der Waals surface area contributed by atoms with E-state index in [0.29, 0.717) is 0 Å². The molecule has 1 aliphatic rings. The summed E-state index contributed by atoms with van der Waals surface area (Å²) in [6.45, 7) is 10.3. The molecule has 0 saturated carbocycles. The first-order valence-electron chi connectivity index (χ1n) is 6.52. The maximum absolute atomic E-state index is 6.00. The first kappa shape index (κ1) is 13.0. The predicted molar refractivity (Wildman–Crippen MR) is 67.0 cm³/mol. The van der Waals surface area contributed by atoms with Crippen LogP contribution in [0.3, 0.4) is 0 Å². The minimum atomic E-state index is 0.000265. The van der Waals surface area contributed by atoms with Gasteiger partial charge in [-0.3, -0.25) is 0 Å². The average molecular weight is 212 g/mol. The van der Waals surface area contributed by atoms with Crippen LogP contribution in [0.1, 0.15) is 52.9 Å². The van der Waals surface area contributed by atoms with Crippen molar-refractivity contribution in [2.75, 3.05) is 19.6 Å². The Labute approximate surface area is 95.2 Å². The summed E-state index contributed by atoms with van der Waals surface area (Å²) in [5.74, 6) is 0.997. The molecule has 0 unspecified atom stereocenters. The molecule has 0 bridgehead atoms. The molecule has 0 aliphatic carbocycles. The van der Waals surface area contributed by atoms with Crippen molar-refractivity contribution in [2.24, 2.45) is 11.7 Å². The molecular weight excluding hydrogens is 184 g/mol. The van der Waals surface area contributed by atoms with Crippen molar-refractivity contribution >= 4 is 0 Å². The summed E-state index contributed by atoms with van der Waals surface area (Å²) in [5.41, 5.74) is 6.00. The average Bonchev–Trinajstić information content (AvgIpc) is 2.16. The molecule has 1 fully saturated rings. The van der Waals surface area contributed by atoms with Gasteiger partial charge in [-0.25, -0.2) is 0 Å². The van der Waals surface area contributed by atoms with E-state index in [9.17, 15) is 0 Å². The third-order valence-corrected chi connectivity index (χ3v) is 3.48. The second-order valence-electron chi connectivity index (χ2n) is 5.81. The smallest absolute Gasteiger partial charge is 0.0109 e. The normalized spacial score (nSPS) is 20.8. The van der Waals surface area contributed by atoms with Crippen LogP contribution in [0.25, 0.3) is 0 Å². The van der Waals surface area contributed by atoms with E-state index in [1.807, 2.05) is 0 Å². The molecule has 0 spiro atoms. The van der Waals surface area contributed by atoms with Gasteiger partial charge in [0.25, 0.3) is 0 Å². The molecule has 0 atom stereocenters. The molecule has 1 rings (SSSR count). The van der Waals surface area contributed by atoms with Gasteiger partial charge >= 0.3 is 0 Å². The molecule has 2 heteroatoms. The first-order valence-corrected chi connectivity index (χ1v) is 6.52. The molecule has 0 aromatic rings. The molecule has 1 heterocycles. The number of rotatable bonds is 5. The van der Waals surface area contributed by atoms with Gasteiger partial charge in [0.2, 0.25) is 0 Å². The van der Waals surface area contributed by atoms with Crippen molar-refractivity contribution in [3.05, 3.63) is 0 Å². The van der Waals surface area contributed by atoms with Crippen LogP contribution in [0.5, 0.6) is 0 Å². The van der Waals surface area contributed by atoms with E-state index in [2.05, 4.69) is 25.7 Å². The third kappa shape index (κ3) is 5.53. The molecule has 1 saturated heterocycles. The molecule has 0 aromatic carbocycles. The largest absolute Gasteiger partial charge is 0.326 e. The maximum Gasteiger partial charge on any atom is 0.0109 e. The van der Waals surface area contributed by atoms with Crippen LogP contribution in [0, 0.1) is 5.92 Å². The van der Waals surface area contributed by atoms with Gasteiger partial charge in [-0.2, -0.15) is 0 Å². The summed E-state index contributed by atoms with van der Waals surface area (Å²) in [5, 5.41) is 0.